The lowest BCUT2D eigenvalue weighted by molar-refractivity contribution is -0.149. The van der Waals surface area contributed by atoms with Crippen molar-refractivity contribution in [3.63, 3.8) is 0 Å². The summed E-state index contributed by atoms with van der Waals surface area (Å²) in [5.41, 5.74) is 5.98. The fraction of sp³-hybridized carbons (Fsp3) is 0.933. The van der Waals surface area contributed by atoms with E-state index >= 15 is 0 Å². The Hall–Kier alpha value is -0.610. The van der Waals surface area contributed by atoms with Crippen LogP contribution in [0.25, 0.3) is 0 Å². The lowest BCUT2D eigenvalue weighted by Crippen LogP contribution is -2.40. The molecule has 0 bridgehead atoms. The van der Waals surface area contributed by atoms with Crippen LogP contribution in [0.4, 0.5) is 0 Å². The van der Waals surface area contributed by atoms with Crippen LogP contribution < -0.4 is 5.73 Å². The Morgan fingerprint density at radius 1 is 1.47 bits per heavy atom. The van der Waals surface area contributed by atoms with Crippen molar-refractivity contribution in [2.45, 2.75) is 46.5 Å². The van der Waals surface area contributed by atoms with E-state index in [0.29, 0.717) is 6.61 Å². The number of esters is 1. The van der Waals surface area contributed by atoms with Crippen LogP contribution >= 0.6 is 0 Å². The highest BCUT2D eigenvalue weighted by Crippen LogP contribution is 2.22. The number of rotatable bonds is 7. The van der Waals surface area contributed by atoms with Crippen LogP contribution in [0.15, 0.2) is 0 Å². The van der Waals surface area contributed by atoms with Gasteiger partial charge in [0.05, 0.1) is 12.5 Å². The van der Waals surface area contributed by atoms with Crippen LogP contribution in [0.3, 0.4) is 0 Å². The lowest BCUT2D eigenvalue weighted by Gasteiger charge is -2.32. The molecular weight excluding hydrogens is 240 g/mol. The minimum atomic E-state index is -0.0190. The molecule has 0 aromatic rings. The van der Waals surface area contributed by atoms with Crippen molar-refractivity contribution in [1.82, 2.24) is 4.90 Å². The number of carbonyl (C=O) groups is 1. The monoisotopic (exact) mass is 270 g/mol. The maximum absolute atomic E-state index is 11.8. The first-order valence-electron chi connectivity index (χ1n) is 7.57. The Bertz CT molecular complexity index is 279. The Morgan fingerprint density at radius 2 is 2.21 bits per heavy atom. The first kappa shape index (κ1) is 16.4. The van der Waals surface area contributed by atoms with Crippen LogP contribution in [-0.2, 0) is 9.53 Å². The summed E-state index contributed by atoms with van der Waals surface area (Å²) in [5.74, 6) is 0.0608. The fourth-order valence-corrected chi connectivity index (χ4v) is 2.59. The van der Waals surface area contributed by atoms with Crippen LogP contribution in [0.1, 0.15) is 46.5 Å². The van der Waals surface area contributed by atoms with Gasteiger partial charge in [0.1, 0.15) is 0 Å². The first-order valence-corrected chi connectivity index (χ1v) is 7.57. The summed E-state index contributed by atoms with van der Waals surface area (Å²) < 4.78 is 5.12. The van der Waals surface area contributed by atoms with E-state index in [4.69, 9.17) is 10.5 Å². The Kier molecular flexibility index (Phi) is 6.80. The zero-order chi connectivity index (χ0) is 14.3. The van der Waals surface area contributed by atoms with E-state index in [9.17, 15) is 4.79 Å². The third-order valence-corrected chi connectivity index (χ3v) is 4.01. The molecule has 0 aromatic carbocycles. The average molecular weight is 270 g/mol. The van der Waals surface area contributed by atoms with Crippen molar-refractivity contribution < 1.29 is 9.53 Å². The molecule has 1 fully saturated rings. The van der Waals surface area contributed by atoms with Gasteiger partial charge in [0.15, 0.2) is 0 Å². The van der Waals surface area contributed by atoms with Gasteiger partial charge in [-0.2, -0.15) is 0 Å². The first-order chi connectivity index (χ1) is 8.98. The maximum Gasteiger partial charge on any atom is 0.310 e. The van der Waals surface area contributed by atoms with E-state index in [1.165, 1.54) is 0 Å². The van der Waals surface area contributed by atoms with Gasteiger partial charge in [0.25, 0.3) is 0 Å². The summed E-state index contributed by atoms with van der Waals surface area (Å²) in [6.45, 7) is 10.6. The Morgan fingerprint density at radius 3 is 2.84 bits per heavy atom. The number of hydrogen-bond acceptors (Lipinski definition) is 4. The van der Waals surface area contributed by atoms with Gasteiger partial charge in [-0.1, -0.05) is 13.8 Å². The summed E-state index contributed by atoms with van der Waals surface area (Å²) in [6, 6.07) is 0. The predicted octanol–water partition coefficient (Wildman–Crippen LogP) is 2.03. The van der Waals surface area contributed by atoms with Gasteiger partial charge in [-0.15, -0.1) is 0 Å². The summed E-state index contributed by atoms with van der Waals surface area (Å²) in [5, 5.41) is 0. The summed E-state index contributed by atoms with van der Waals surface area (Å²) in [7, 11) is 0. The van der Waals surface area contributed by atoms with Crippen molar-refractivity contribution >= 4 is 5.97 Å². The molecule has 4 heteroatoms. The molecule has 0 amide bonds. The molecule has 1 aliphatic rings. The minimum Gasteiger partial charge on any atom is -0.466 e. The number of hydrogen-bond donors (Lipinski definition) is 1. The Labute approximate surface area is 117 Å². The third-order valence-electron chi connectivity index (χ3n) is 4.01. The van der Waals surface area contributed by atoms with Gasteiger partial charge in [0.2, 0.25) is 0 Å². The zero-order valence-corrected chi connectivity index (χ0v) is 12.8. The van der Waals surface area contributed by atoms with E-state index in [2.05, 4.69) is 18.7 Å². The maximum atomic E-state index is 11.8. The molecule has 1 unspecified atom stereocenters. The van der Waals surface area contributed by atoms with E-state index < -0.39 is 0 Å². The minimum absolute atomic E-state index is 0.0190. The van der Waals surface area contributed by atoms with Gasteiger partial charge in [-0.3, -0.25) is 4.79 Å². The van der Waals surface area contributed by atoms with Gasteiger partial charge < -0.3 is 15.4 Å². The van der Waals surface area contributed by atoms with Crippen molar-refractivity contribution in [3.05, 3.63) is 0 Å². The lowest BCUT2D eigenvalue weighted by atomic mass is 9.88. The molecule has 0 saturated carbocycles. The molecule has 1 heterocycles. The second-order valence-corrected chi connectivity index (χ2v) is 6.36. The molecule has 4 nitrogen and oxygen atoms in total. The number of piperidine rings is 1. The summed E-state index contributed by atoms with van der Waals surface area (Å²) >= 11 is 0. The normalized spacial score (nSPS) is 21.4. The highest BCUT2D eigenvalue weighted by atomic mass is 16.5. The molecule has 1 saturated heterocycles. The molecule has 112 valence electrons. The standard InChI is InChI=1S/C15H30N2O2/c1-4-19-14(18)13-7-5-9-17(11-13)10-6-8-15(2,3)12-16/h13H,4-12,16H2,1-3H3. The van der Waals surface area contributed by atoms with E-state index in [-0.39, 0.29) is 17.3 Å². The topological polar surface area (TPSA) is 55.6 Å². The molecule has 1 rings (SSSR count). The second kappa shape index (κ2) is 7.85. The molecule has 19 heavy (non-hydrogen) atoms. The number of ether oxygens (including phenoxy) is 1. The van der Waals surface area contributed by atoms with Crippen molar-refractivity contribution in [1.29, 1.82) is 0 Å². The van der Waals surface area contributed by atoms with Gasteiger partial charge in [0, 0.05) is 6.54 Å². The van der Waals surface area contributed by atoms with Crippen LogP contribution in [0, 0.1) is 11.3 Å². The predicted molar refractivity (Wildman–Crippen MR) is 77.9 cm³/mol. The molecule has 1 aliphatic heterocycles. The van der Waals surface area contributed by atoms with Gasteiger partial charge in [-0.05, 0) is 57.7 Å². The highest BCUT2D eigenvalue weighted by molar-refractivity contribution is 5.72. The molecule has 0 spiro atoms. The van der Waals surface area contributed by atoms with Crippen molar-refractivity contribution in [3.8, 4) is 0 Å². The molecule has 0 aliphatic carbocycles. The SMILES string of the molecule is CCOC(=O)C1CCCN(CCCC(C)(C)CN)C1. The summed E-state index contributed by atoms with van der Waals surface area (Å²) in [4.78, 5) is 14.2. The van der Waals surface area contributed by atoms with E-state index in [1.807, 2.05) is 6.92 Å². The van der Waals surface area contributed by atoms with Gasteiger partial charge >= 0.3 is 5.97 Å². The van der Waals surface area contributed by atoms with Crippen LogP contribution in [-0.4, -0.2) is 43.7 Å². The van der Waals surface area contributed by atoms with Crippen molar-refractivity contribution in [2.24, 2.45) is 17.1 Å². The average Bonchev–Trinajstić information content (AvgIpc) is 2.39. The largest absolute Gasteiger partial charge is 0.466 e. The van der Waals surface area contributed by atoms with Gasteiger partial charge in [-0.25, -0.2) is 0 Å². The number of nitrogens with zero attached hydrogens (tertiary/aromatic N) is 1. The van der Waals surface area contributed by atoms with Crippen molar-refractivity contribution in [2.75, 3.05) is 32.8 Å². The zero-order valence-electron chi connectivity index (χ0n) is 12.8. The summed E-state index contributed by atoms with van der Waals surface area (Å²) in [6.07, 6.45) is 4.37. The number of likely N-dealkylation sites (tertiary alicyclic amines) is 1. The molecule has 2 N–H and O–H groups in total. The smallest absolute Gasteiger partial charge is 0.310 e. The number of carbonyl (C=O) groups excluding carboxylic acids is 1. The molecule has 0 radical (unpaired) electrons. The van der Waals surface area contributed by atoms with Crippen LogP contribution in [0.5, 0.6) is 0 Å². The van der Waals surface area contributed by atoms with E-state index in [1.54, 1.807) is 0 Å². The molecular formula is C15H30N2O2. The third kappa shape index (κ3) is 5.91. The quantitative estimate of drug-likeness (QED) is 0.719. The van der Waals surface area contributed by atoms with Crippen LogP contribution in [0.2, 0.25) is 0 Å². The Balaban J connectivity index is 2.29. The highest BCUT2D eigenvalue weighted by Gasteiger charge is 2.26. The molecule has 1 atom stereocenters. The number of nitrogens with two attached hydrogens (primary N) is 1. The fourth-order valence-electron chi connectivity index (χ4n) is 2.59. The molecule has 0 aromatic heterocycles. The second-order valence-electron chi connectivity index (χ2n) is 6.36. The van der Waals surface area contributed by atoms with E-state index in [0.717, 1.165) is 51.9 Å².